The van der Waals surface area contributed by atoms with Gasteiger partial charge in [-0.2, -0.15) is 13.2 Å². The molecular weight excluding hydrogens is 351 g/mol. The first-order valence-corrected chi connectivity index (χ1v) is 6.94. The summed E-state index contributed by atoms with van der Waals surface area (Å²) in [6.45, 7) is 0.494. The molecule has 0 aromatic carbocycles. The number of esters is 1. The molecule has 2 heterocycles. The predicted octanol–water partition coefficient (Wildman–Crippen LogP) is 0.423. The smallest absolute Gasteiger partial charge is 0.490 e. The zero-order chi connectivity index (χ0) is 19.4. The van der Waals surface area contributed by atoms with E-state index >= 15 is 0 Å². The van der Waals surface area contributed by atoms with E-state index in [1.165, 1.54) is 11.7 Å². The fraction of sp³-hybridized carbons (Fsp3) is 0.538. The van der Waals surface area contributed by atoms with Gasteiger partial charge in [-0.1, -0.05) is 0 Å². The Bertz CT molecular complexity index is 716. The predicted molar refractivity (Wildman–Crippen MR) is 76.2 cm³/mol. The highest BCUT2D eigenvalue weighted by molar-refractivity contribution is 5.89. The zero-order valence-corrected chi connectivity index (χ0v) is 13.3. The highest BCUT2D eigenvalue weighted by Crippen LogP contribution is 2.23. The third-order valence-electron chi connectivity index (χ3n) is 3.33. The molecule has 3 N–H and O–H groups in total. The number of alkyl halides is 3. The van der Waals surface area contributed by atoms with Gasteiger partial charge in [-0.15, -0.1) is 0 Å². The molecule has 1 aliphatic heterocycles. The summed E-state index contributed by atoms with van der Waals surface area (Å²) in [5, 5.41) is 19.9. The number of rotatable bonds is 2. The van der Waals surface area contributed by atoms with E-state index < -0.39 is 29.4 Å². The van der Waals surface area contributed by atoms with Crippen LogP contribution in [0.3, 0.4) is 0 Å². The molecule has 0 fully saturated rings. The molecule has 0 bridgehead atoms. The SMILES string of the molecule is CNC1CCCn2c1nc(C(=O)OC)c(O)c2=O.O=C(O)C(F)(F)F. The summed E-state index contributed by atoms with van der Waals surface area (Å²) in [6, 6.07) is -0.101. The second-order valence-electron chi connectivity index (χ2n) is 4.90. The van der Waals surface area contributed by atoms with Crippen LogP contribution in [0, 0.1) is 0 Å². The Morgan fingerprint density at radius 2 is 1.96 bits per heavy atom. The van der Waals surface area contributed by atoms with Crippen LogP contribution in [0.5, 0.6) is 5.75 Å². The van der Waals surface area contributed by atoms with Crippen LogP contribution >= 0.6 is 0 Å². The fourth-order valence-corrected chi connectivity index (χ4v) is 2.14. The number of carboxylic acids is 1. The second-order valence-corrected chi connectivity index (χ2v) is 4.90. The molecule has 12 heteroatoms. The Morgan fingerprint density at radius 1 is 1.40 bits per heavy atom. The lowest BCUT2D eigenvalue weighted by Crippen LogP contribution is -2.35. The van der Waals surface area contributed by atoms with Crippen molar-refractivity contribution in [1.29, 1.82) is 0 Å². The lowest BCUT2D eigenvalue weighted by Gasteiger charge is -2.25. The molecule has 1 unspecified atom stereocenters. The third-order valence-corrected chi connectivity index (χ3v) is 3.33. The van der Waals surface area contributed by atoms with Crippen molar-refractivity contribution in [3.8, 4) is 5.75 Å². The summed E-state index contributed by atoms with van der Waals surface area (Å²) in [5.74, 6) is -3.75. The van der Waals surface area contributed by atoms with E-state index in [-0.39, 0.29) is 11.7 Å². The molecule has 0 saturated heterocycles. The average molecular weight is 367 g/mol. The average Bonchev–Trinajstić information content (AvgIpc) is 2.56. The summed E-state index contributed by atoms with van der Waals surface area (Å²) < 4.78 is 37.6. The molecule has 0 aliphatic carbocycles. The van der Waals surface area contributed by atoms with E-state index in [9.17, 15) is 27.9 Å². The van der Waals surface area contributed by atoms with Gasteiger partial charge in [0.05, 0.1) is 13.2 Å². The Kier molecular flexibility index (Phi) is 6.50. The largest absolute Gasteiger partial charge is 0.501 e. The van der Waals surface area contributed by atoms with Crippen molar-refractivity contribution < 1.29 is 37.7 Å². The molecule has 0 saturated carbocycles. The van der Waals surface area contributed by atoms with Crippen LogP contribution in [0.25, 0.3) is 0 Å². The van der Waals surface area contributed by atoms with Crippen molar-refractivity contribution in [2.45, 2.75) is 31.6 Å². The number of halogens is 3. The molecule has 0 amide bonds. The quantitative estimate of drug-likeness (QED) is 0.641. The molecule has 1 aromatic heterocycles. The maximum absolute atomic E-state index is 12.0. The Labute approximate surface area is 139 Å². The number of ether oxygens (including phenoxy) is 1. The molecule has 1 aromatic rings. The number of aromatic nitrogens is 2. The van der Waals surface area contributed by atoms with Crippen LogP contribution < -0.4 is 10.9 Å². The van der Waals surface area contributed by atoms with Gasteiger partial charge in [0.1, 0.15) is 5.82 Å². The topological polar surface area (TPSA) is 131 Å². The van der Waals surface area contributed by atoms with Crippen LogP contribution in [-0.2, 0) is 16.1 Å². The second kappa shape index (κ2) is 7.96. The molecule has 2 rings (SSSR count). The number of methoxy groups -OCH3 is 1. The zero-order valence-electron chi connectivity index (χ0n) is 13.3. The Hall–Kier alpha value is -2.63. The maximum atomic E-state index is 12.0. The number of hydrogen-bond donors (Lipinski definition) is 3. The van der Waals surface area contributed by atoms with Crippen molar-refractivity contribution in [1.82, 2.24) is 14.9 Å². The minimum atomic E-state index is -5.08. The molecule has 0 radical (unpaired) electrons. The number of fused-ring (bicyclic) bond motifs is 1. The normalized spacial score (nSPS) is 16.3. The number of aromatic hydroxyl groups is 1. The number of carboxylic acid groups (broad SMARTS) is 1. The number of carbonyl (C=O) groups is 2. The standard InChI is InChI=1S/C11H15N3O4.C2HF3O2/c1-12-6-4-3-5-14-9(6)13-7(11(17)18-2)8(15)10(14)16;3-2(4,5)1(6)7/h6,12,15H,3-5H2,1-2H3;(H,6,7). The molecule has 0 spiro atoms. The molecule has 1 atom stereocenters. The molecule has 9 nitrogen and oxygen atoms in total. The summed E-state index contributed by atoms with van der Waals surface area (Å²) >= 11 is 0. The van der Waals surface area contributed by atoms with Gasteiger partial charge in [0.15, 0.2) is 5.69 Å². The van der Waals surface area contributed by atoms with E-state index in [0.717, 1.165) is 12.8 Å². The Morgan fingerprint density at radius 3 is 2.40 bits per heavy atom. The van der Waals surface area contributed by atoms with Crippen LogP contribution in [0.2, 0.25) is 0 Å². The molecular formula is C13H16F3N3O6. The van der Waals surface area contributed by atoms with Gasteiger partial charge < -0.3 is 20.3 Å². The summed E-state index contributed by atoms with van der Waals surface area (Å²) in [7, 11) is 2.94. The first-order valence-electron chi connectivity index (χ1n) is 6.94. The molecule has 140 valence electrons. The third kappa shape index (κ3) is 4.68. The van der Waals surface area contributed by atoms with E-state index in [1.807, 2.05) is 0 Å². The van der Waals surface area contributed by atoms with Crippen molar-refractivity contribution in [3.05, 3.63) is 21.9 Å². The summed E-state index contributed by atoms with van der Waals surface area (Å²) in [4.78, 5) is 36.4. The maximum Gasteiger partial charge on any atom is 0.490 e. The highest BCUT2D eigenvalue weighted by atomic mass is 19.4. The van der Waals surface area contributed by atoms with Crippen LogP contribution in [-0.4, -0.2) is 52.0 Å². The monoisotopic (exact) mass is 367 g/mol. The van der Waals surface area contributed by atoms with E-state index in [1.54, 1.807) is 7.05 Å². The Balaban J connectivity index is 0.000000381. The summed E-state index contributed by atoms with van der Waals surface area (Å²) in [6.07, 6.45) is -3.44. The number of nitrogens with zero attached hydrogens (tertiary/aromatic N) is 2. The van der Waals surface area contributed by atoms with Gasteiger partial charge in [-0.25, -0.2) is 14.6 Å². The van der Waals surface area contributed by atoms with E-state index in [2.05, 4.69) is 15.0 Å². The van der Waals surface area contributed by atoms with Gasteiger partial charge in [0, 0.05) is 6.54 Å². The van der Waals surface area contributed by atoms with Crippen molar-refractivity contribution in [2.24, 2.45) is 0 Å². The van der Waals surface area contributed by atoms with Gasteiger partial charge in [0.2, 0.25) is 5.75 Å². The van der Waals surface area contributed by atoms with Gasteiger partial charge in [-0.3, -0.25) is 9.36 Å². The molecule has 25 heavy (non-hydrogen) atoms. The number of carbonyl (C=O) groups excluding carboxylic acids is 1. The van der Waals surface area contributed by atoms with Gasteiger partial charge >= 0.3 is 18.1 Å². The van der Waals surface area contributed by atoms with Crippen molar-refractivity contribution in [3.63, 3.8) is 0 Å². The van der Waals surface area contributed by atoms with Gasteiger partial charge in [0.25, 0.3) is 5.56 Å². The van der Waals surface area contributed by atoms with Crippen LogP contribution in [0.1, 0.15) is 35.2 Å². The number of hydrogen-bond acceptors (Lipinski definition) is 7. The lowest BCUT2D eigenvalue weighted by atomic mass is 10.1. The number of aliphatic carboxylic acids is 1. The van der Waals surface area contributed by atoms with Crippen molar-refractivity contribution in [2.75, 3.05) is 14.2 Å². The van der Waals surface area contributed by atoms with Gasteiger partial charge in [-0.05, 0) is 19.9 Å². The van der Waals surface area contributed by atoms with Crippen LogP contribution in [0.4, 0.5) is 13.2 Å². The van der Waals surface area contributed by atoms with E-state index in [4.69, 9.17) is 9.90 Å². The first kappa shape index (κ1) is 20.4. The summed E-state index contributed by atoms with van der Waals surface area (Å²) in [5.41, 5.74) is -0.920. The minimum absolute atomic E-state index is 0.101. The lowest BCUT2D eigenvalue weighted by molar-refractivity contribution is -0.192. The molecule has 1 aliphatic rings. The first-order chi connectivity index (χ1) is 11.5. The fourth-order valence-electron chi connectivity index (χ4n) is 2.14. The minimum Gasteiger partial charge on any atom is -0.501 e. The van der Waals surface area contributed by atoms with E-state index in [0.29, 0.717) is 12.4 Å². The van der Waals surface area contributed by atoms with Crippen LogP contribution in [0.15, 0.2) is 4.79 Å². The number of nitrogens with one attached hydrogen (secondary N) is 1. The van der Waals surface area contributed by atoms with Crippen molar-refractivity contribution >= 4 is 11.9 Å². The highest BCUT2D eigenvalue weighted by Gasteiger charge is 2.38.